The van der Waals surface area contributed by atoms with E-state index >= 15 is 0 Å². The molecule has 1 amide bonds. The Balaban J connectivity index is 2.15. The van der Waals surface area contributed by atoms with E-state index in [0.29, 0.717) is 22.9 Å². The second-order valence-electron chi connectivity index (χ2n) is 7.91. The SMILES string of the molecule is COc1ccc(OC)c(NC(=O)C(C)(C)Oc2ccc(C(C)(C)C)cc2)c1. The smallest absolute Gasteiger partial charge is 0.268 e. The molecule has 0 aliphatic carbocycles. The van der Waals surface area contributed by atoms with Crippen LogP contribution in [0.1, 0.15) is 40.2 Å². The molecular weight excluding hydrogens is 342 g/mol. The third-order valence-electron chi connectivity index (χ3n) is 4.30. The number of hydrogen-bond donors (Lipinski definition) is 1. The Labute approximate surface area is 161 Å². The fourth-order valence-corrected chi connectivity index (χ4v) is 2.55. The first-order chi connectivity index (χ1) is 12.6. The van der Waals surface area contributed by atoms with Gasteiger partial charge in [-0.25, -0.2) is 0 Å². The number of nitrogens with one attached hydrogen (secondary N) is 1. The van der Waals surface area contributed by atoms with Crippen LogP contribution in [0.15, 0.2) is 42.5 Å². The van der Waals surface area contributed by atoms with Gasteiger partial charge in [-0.05, 0) is 49.1 Å². The standard InChI is InChI=1S/C22H29NO4/c1-21(2,3)15-8-10-16(11-9-15)27-22(4,5)20(24)23-18-14-17(25-6)12-13-19(18)26-7/h8-14H,1-7H3,(H,23,24). The van der Waals surface area contributed by atoms with Gasteiger partial charge in [0.25, 0.3) is 5.91 Å². The molecule has 0 heterocycles. The lowest BCUT2D eigenvalue weighted by molar-refractivity contribution is -0.128. The Morgan fingerprint density at radius 3 is 1.96 bits per heavy atom. The van der Waals surface area contributed by atoms with Crippen LogP contribution in [0, 0.1) is 0 Å². The first-order valence-corrected chi connectivity index (χ1v) is 8.90. The van der Waals surface area contributed by atoms with Crippen molar-refractivity contribution in [2.75, 3.05) is 19.5 Å². The molecular formula is C22H29NO4. The highest BCUT2D eigenvalue weighted by molar-refractivity contribution is 5.98. The van der Waals surface area contributed by atoms with Crippen LogP contribution in [0.2, 0.25) is 0 Å². The van der Waals surface area contributed by atoms with Gasteiger partial charge in [0, 0.05) is 6.07 Å². The maximum Gasteiger partial charge on any atom is 0.268 e. The quantitative estimate of drug-likeness (QED) is 0.793. The molecule has 5 nitrogen and oxygen atoms in total. The van der Waals surface area contributed by atoms with E-state index in [1.807, 2.05) is 24.3 Å². The number of benzene rings is 2. The molecule has 1 N–H and O–H groups in total. The van der Waals surface area contributed by atoms with Gasteiger partial charge in [0.2, 0.25) is 0 Å². The summed E-state index contributed by atoms with van der Waals surface area (Å²) in [5.41, 5.74) is 0.728. The third kappa shape index (κ3) is 5.16. The minimum Gasteiger partial charge on any atom is -0.497 e. The Morgan fingerprint density at radius 1 is 0.852 bits per heavy atom. The predicted molar refractivity (Wildman–Crippen MR) is 108 cm³/mol. The number of hydrogen-bond acceptors (Lipinski definition) is 4. The summed E-state index contributed by atoms with van der Waals surface area (Å²) in [6.07, 6.45) is 0. The zero-order valence-electron chi connectivity index (χ0n) is 17.2. The topological polar surface area (TPSA) is 56.8 Å². The van der Waals surface area contributed by atoms with Gasteiger partial charge in [-0.3, -0.25) is 4.79 Å². The molecule has 0 aliphatic rings. The summed E-state index contributed by atoms with van der Waals surface area (Å²) >= 11 is 0. The second-order valence-corrected chi connectivity index (χ2v) is 7.91. The molecule has 0 unspecified atom stereocenters. The number of anilines is 1. The van der Waals surface area contributed by atoms with E-state index in [-0.39, 0.29) is 11.3 Å². The lowest BCUT2D eigenvalue weighted by atomic mass is 9.87. The van der Waals surface area contributed by atoms with Crippen LogP contribution in [0.3, 0.4) is 0 Å². The van der Waals surface area contributed by atoms with Crippen molar-refractivity contribution in [1.82, 2.24) is 0 Å². The average Bonchev–Trinajstić information content (AvgIpc) is 2.61. The van der Waals surface area contributed by atoms with Gasteiger partial charge in [0.1, 0.15) is 17.2 Å². The van der Waals surface area contributed by atoms with Crippen LogP contribution in [0.5, 0.6) is 17.2 Å². The van der Waals surface area contributed by atoms with E-state index in [0.717, 1.165) is 0 Å². The molecule has 0 spiro atoms. The van der Waals surface area contributed by atoms with Crippen molar-refractivity contribution in [3.63, 3.8) is 0 Å². The van der Waals surface area contributed by atoms with E-state index in [1.54, 1.807) is 46.3 Å². The van der Waals surface area contributed by atoms with Crippen molar-refractivity contribution in [3.05, 3.63) is 48.0 Å². The second kappa shape index (κ2) is 7.91. The first-order valence-electron chi connectivity index (χ1n) is 8.90. The zero-order valence-corrected chi connectivity index (χ0v) is 17.2. The Bertz CT molecular complexity index is 789. The number of ether oxygens (including phenoxy) is 3. The average molecular weight is 371 g/mol. The highest BCUT2D eigenvalue weighted by atomic mass is 16.5. The highest BCUT2D eigenvalue weighted by Gasteiger charge is 2.31. The molecule has 0 saturated carbocycles. The lowest BCUT2D eigenvalue weighted by Gasteiger charge is -2.26. The number of amides is 1. The Morgan fingerprint density at radius 2 is 1.44 bits per heavy atom. The fraction of sp³-hybridized carbons (Fsp3) is 0.409. The molecule has 0 radical (unpaired) electrons. The molecule has 0 aliphatic heterocycles. The summed E-state index contributed by atoms with van der Waals surface area (Å²) in [4.78, 5) is 12.8. The van der Waals surface area contributed by atoms with E-state index < -0.39 is 5.60 Å². The van der Waals surface area contributed by atoms with Crippen LogP contribution in [0.25, 0.3) is 0 Å². The van der Waals surface area contributed by atoms with Gasteiger partial charge in [0.05, 0.1) is 19.9 Å². The summed E-state index contributed by atoms with van der Waals surface area (Å²) < 4.78 is 16.5. The monoisotopic (exact) mass is 371 g/mol. The van der Waals surface area contributed by atoms with Crippen molar-refractivity contribution < 1.29 is 19.0 Å². The fourth-order valence-electron chi connectivity index (χ4n) is 2.55. The van der Waals surface area contributed by atoms with Gasteiger partial charge in [-0.15, -0.1) is 0 Å². The largest absolute Gasteiger partial charge is 0.497 e. The molecule has 146 valence electrons. The number of carbonyl (C=O) groups excluding carboxylic acids is 1. The first kappa shape index (κ1) is 20.6. The van der Waals surface area contributed by atoms with Crippen LogP contribution in [-0.4, -0.2) is 25.7 Å². The zero-order chi connectivity index (χ0) is 20.2. The van der Waals surface area contributed by atoms with E-state index in [4.69, 9.17) is 14.2 Å². The molecule has 27 heavy (non-hydrogen) atoms. The molecule has 0 bridgehead atoms. The maximum atomic E-state index is 12.8. The van der Waals surface area contributed by atoms with Gasteiger partial charge in [0.15, 0.2) is 5.60 Å². The highest BCUT2D eigenvalue weighted by Crippen LogP contribution is 2.31. The Kier molecular flexibility index (Phi) is 6.04. The lowest BCUT2D eigenvalue weighted by Crippen LogP contribution is -2.42. The summed E-state index contributed by atoms with van der Waals surface area (Å²) in [6.45, 7) is 9.92. The van der Waals surface area contributed by atoms with Crippen molar-refractivity contribution in [1.29, 1.82) is 0 Å². The van der Waals surface area contributed by atoms with Gasteiger partial charge >= 0.3 is 0 Å². The van der Waals surface area contributed by atoms with E-state index in [1.165, 1.54) is 5.56 Å². The summed E-state index contributed by atoms with van der Waals surface area (Å²) in [7, 11) is 3.12. The minimum absolute atomic E-state index is 0.0638. The molecule has 0 fully saturated rings. The molecule has 2 aromatic carbocycles. The molecule has 2 aromatic rings. The molecule has 0 atom stereocenters. The van der Waals surface area contributed by atoms with Crippen LogP contribution in [0.4, 0.5) is 5.69 Å². The van der Waals surface area contributed by atoms with Gasteiger partial charge in [-0.1, -0.05) is 32.9 Å². The predicted octanol–water partition coefficient (Wildman–Crippen LogP) is 4.80. The molecule has 0 aromatic heterocycles. The van der Waals surface area contributed by atoms with Gasteiger partial charge in [-0.2, -0.15) is 0 Å². The number of rotatable bonds is 6. The van der Waals surface area contributed by atoms with Crippen LogP contribution >= 0.6 is 0 Å². The molecule has 5 heteroatoms. The minimum atomic E-state index is -1.07. The maximum absolute atomic E-state index is 12.8. The summed E-state index contributed by atoms with van der Waals surface area (Å²) in [5.74, 6) is 1.53. The van der Waals surface area contributed by atoms with Crippen LogP contribution in [-0.2, 0) is 10.2 Å². The van der Waals surface area contributed by atoms with Crippen molar-refractivity contribution in [2.45, 2.75) is 45.6 Å². The van der Waals surface area contributed by atoms with Gasteiger partial charge < -0.3 is 19.5 Å². The number of carbonyl (C=O) groups is 1. The van der Waals surface area contributed by atoms with E-state index in [9.17, 15) is 4.79 Å². The van der Waals surface area contributed by atoms with Crippen molar-refractivity contribution in [3.8, 4) is 17.2 Å². The van der Waals surface area contributed by atoms with E-state index in [2.05, 4.69) is 26.1 Å². The summed E-state index contributed by atoms with van der Waals surface area (Å²) in [6, 6.07) is 13.1. The summed E-state index contributed by atoms with van der Waals surface area (Å²) in [5, 5.41) is 2.86. The van der Waals surface area contributed by atoms with Crippen LogP contribution < -0.4 is 19.5 Å². The molecule has 0 saturated heterocycles. The van der Waals surface area contributed by atoms with Crippen molar-refractivity contribution in [2.24, 2.45) is 0 Å². The number of methoxy groups -OCH3 is 2. The normalized spacial score (nSPS) is 11.7. The third-order valence-corrected chi connectivity index (χ3v) is 4.30. The Hall–Kier alpha value is -2.69. The van der Waals surface area contributed by atoms with Crippen molar-refractivity contribution >= 4 is 11.6 Å². The molecule has 2 rings (SSSR count).